The molecular formula is C16H23N. The molecule has 1 aliphatic rings. The minimum absolute atomic E-state index is 0.838. The lowest BCUT2D eigenvalue weighted by atomic mass is 9.94. The molecule has 0 saturated heterocycles. The van der Waals surface area contributed by atoms with Crippen molar-refractivity contribution in [1.29, 1.82) is 0 Å². The normalized spacial score (nSPS) is 19.5. The molecule has 1 heteroatoms. The molecule has 0 aliphatic heterocycles. The van der Waals surface area contributed by atoms with Crippen molar-refractivity contribution in [3.05, 3.63) is 47.0 Å². The van der Waals surface area contributed by atoms with Gasteiger partial charge in [0.2, 0.25) is 0 Å². The molecule has 0 saturated carbocycles. The third-order valence-electron chi connectivity index (χ3n) is 3.84. The second-order valence-corrected chi connectivity index (χ2v) is 5.14. The van der Waals surface area contributed by atoms with Crippen molar-refractivity contribution in [3.63, 3.8) is 0 Å². The van der Waals surface area contributed by atoms with Crippen molar-refractivity contribution in [2.24, 2.45) is 5.92 Å². The molecule has 2 rings (SSSR count). The molecule has 1 N–H and O–H groups in total. The minimum atomic E-state index is 0.838. The molecule has 92 valence electrons. The zero-order chi connectivity index (χ0) is 12.1. The summed E-state index contributed by atoms with van der Waals surface area (Å²) in [7, 11) is 0. The summed E-state index contributed by atoms with van der Waals surface area (Å²) in [6, 6.07) is 6.57. The summed E-state index contributed by atoms with van der Waals surface area (Å²) >= 11 is 0. The van der Waals surface area contributed by atoms with Gasteiger partial charge in [0.05, 0.1) is 0 Å². The maximum atomic E-state index is 3.61. The Morgan fingerprint density at radius 1 is 1.24 bits per heavy atom. The Morgan fingerprint density at radius 3 is 2.88 bits per heavy atom. The van der Waals surface area contributed by atoms with E-state index in [1.54, 1.807) is 0 Å². The Morgan fingerprint density at radius 2 is 2.12 bits per heavy atom. The molecule has 17 heavy (non-hydrogen) atoms. The summed E-state index contributed by atoms with van der Waals surface area (Å²) in [6.45, 7) is 6.56. The van der Waals surface area contributed by atoms with Crippen LogP contribution >= 0.6 is 0 Å². The van der Waals surface area contributed by atoms with Gasteiger partial charge >= 0.3 is 0 Å². The predicted molar refractivity (Wildman–Crippen MR) is 74.1 cm³/mol. The van der Waals surface area contributed by atoms with Crippen molar-refractivity contribution in [3.8, 4) is 0 Å². The Labute approximate surface area is 105 Å². The number of hydrogen-bond donors (Lipinski definition) is 1. The molecule has 0 fully saturated rings. The number of aryl methyl sites for hydroxylation is 1. The van der Waals surface area contributed by atoms with Crippen LogP contribution in [0.2, 0.25) is 0 Å². The molecular weight excluding hydrogens is 206 g/mol. The van der Waals surface area contributed by atoms with Crippen molar-refractivity contribution < 1.29 is 0 Å². The largest absolute Gasteiger partial charge is 0.312 e. The SMILES string of the molecule is Cc1cccc(CNCC2CC=CCC2)c1C. The van der Waals surface area contributed by atoms with Gasteiger partial charge in [0.1, 0.15) is 0 Å². The van der Waals surface area contributed by atoms with Gasteiger partial charge in [0.25, 0.3) is 0 Å². The molecule has 0 spiro atoms. The smallest absolute Gasteiger partial charge is 0.0208 e. The third kappa shape index (κ3) is 3.44. The van der Waals surface area contributed by atoms with Crippen LogP contribution in [0.5, 0.6) is 0 Å². The Hall–Kier alpha value is -1.08. The molecule has 1 aromatic rings. The monoisotopic (exact) mass is 229 g/mol. The summed E-state index contributed by atoms with van der Waals surface area (Å²) in [6.07, 6.45) is 8.49. The maximum absolute atomic E-state index is 3.61. The van der Waals surface area contributed by atoms with Crippen molar-refractivity contribution >= 4 is 0 Å². The van der Waals surface area contributed by atoms with Crippen LogP contribution in [0.15, 0.2) is 30.4 Å². The van der Waals surface area contributed by atoms with Crippen LogP contribution in [0.3, 0.4) is 0 Å². The fourth-order valence-corrected chi connectivity index (χ4v) is 2.46. The molecule has 1 aliphatic carbocycles. The lowest BCUT2D eigenvalue weighted by Crippen LogP contribution is -2.23. The second-order valence-electron chi connectivity index (χ2n) is 5.14. The van der Waals surface area contributed by atoms with E-state index in [0.29, 0.717) is 0 Å². The summed E-state index contributed by atoms with van der Waals surface area (Å²) in [5.41, 5.74) is 4.27. The predicted octanol–water partition coefficient (Wildman–Crippen LogP) is 3.75. The van der Waals surface area contributed by atoms with E-state index >= 15 is 0 Å². The summed E-state index contributed by atoms with van der Waals surface area (Å²) < 4.78 is 0. The van der Waals surface area contributed by atoms with Crippen molar-refractivity contribution in [2.75, 3.05) is 6.54 Å². The number of rotatable bonds is 4. The first-order chi connectivity index (χ1) is 8.27. The van der Waals surface area contributed by atoms with Crippen LogP contribution in [0.4, 0.5) is 0 Å². The van der Waals surface area contributed by atoms with Gasteiger partial charge in [-0.3, -0.25) is 0 Å². The molecule has 0 radical (unpaired) electrons. The van der Waals surface area contributed by atoms with E-state index in [1.165, 1.54) is 36.0 Å². The van der Waals surface area contributed by atoms with E-state index in [0.717, 1.165) is 19.0 Å². The lowest BCUT2D eigenvalue weighted by Gasteiger charge is -2.18. The first-order valence-corrected chi connectivity index (χ1v) is 6.68. The van der Waals surface area contributed by atoms with Gasteiger partial charge in [-0.1, -0.05) is 30.4 Å². The average molecular weight is 229 g/mol. The Bertz CT molecular complexity index is 393. The van der Waals surface area contributed by atoms with E-state index in [1.807, 2.05) is 0 Å². The molecule has 1 atom stereocenters. The summed E-state index contributed by atoms with van der Waals surface area (Å²) in [5.74, 6) is 0.838. The third-order valence-corrected chi connectivity index (χ3v) is 3.84. The molecule has 1 nitrogen and oxygen atoms in total. The molecule has 1 aromatic carbocycles. The Kier molecular flexibility index (Phi) is 4.38. The minimum Gasteiger partial charge on any atom is -0.312 e. The van der Waals surface area contributed by atoms with Gasteiger partial charge in [0.15, 0.2) is 0 Å². The number of hydrogen-bond acceptors (Lipinski definition) is 1. The molecule has 0 amide bonds. The highest BCUT2D eigenvalue weighted by atomic mass is 14.9. The van der Waals surface area contributed by atoms with Crippen LogP contribution < -0.4 is 5.32 Å². The van der Waals surface area contributed by atoms with E-state index in [-0.39, 0.29) is 0 Å². The van der Waals surface area contributed by atoms with Crippen LogP contribution in [0.1, 0.15) is 36.0 Å². The van der Waals surface area contributed by atoms with Gasteiger partial charge in [-0.15, -0.1) is 0 Å². The van der Waals surface area contributed by atoms with Crippen LogP contribution in [0, 0.1) is 19.8 Å². The fraction of sp³-hybridized carbons (Fsp3) is 0.500. The highest BCUT2D eigenvalue weighted by molar-refractivity contribution is 5.32. The molecule has 0 bridgehead atoms. The van der Waals surface area contributed by atoms with Gasteiger partial charge in [-0.05, 0) is 62.3 Å². The zero-order valence-electron chi connectivity index (χ0n) is 11.0. The summed E-state index contributed by atoms with van der Waals surface area (Å²) in [5, 5.41) is 3.61. The first-order valence-electron chi connectivity index (χ1n) is 6.68. The highest BCUT2D eigenvalue weighted by Gasteiger charge is 2.09. The van der Waals surface area contributed by atoms with Crippen LogP contribution in [0.25, 0.3) is 0 Å². The van der Waals surface area contributed by atoms with Gasteiger partial charge in [0, 0.05) is 6.54 Å². The fourth-order valence-electron chi connectivity index (χ4n) is 2.46. The first kappa shape index (κ1) is 12.4. The van der Waals surface area contributed by atoms with E-state index in [9.17, 15) is 0 Å². The van der Waals surface area contributed by atoms with Crippen molar-refractivity contribution in [1.82, 2.24) is 5.32 Å². The molecule has 0 aromatic heterocycles. The molecule has 0 heterocycles. The molecule has 1 unspecified atom stereocenters. The quantitative estimate of drug-likeness (QED) is 0.775. The summed E-state index contributed by atoms with van der Waals surface area (Å²) in [4.78, 5) is 0. The van der Waals surface area contributed by atoms with Crippen LogP contribution in [-0.4, -0.2) is 6.54 Å². The average Bonchev–Trinajstić information content (AvgIpc) is 2.36. The van der Waals surface area contributed by atoms with Crippen LogP contribution in [-0.2, 0) is 6.54 Å². The van der Waals surface area contributed by atoms with Crippen molar-refractivity contribution in [2.45, 2.75) is 39.7 Å². The standard InChI is InChI=1S/C16H23N/c1-13-7-6-10-16(14(13)2)12-17-11-15-8-4-3-5-9-15/h3-4,6-7,10,15,17H,5,8-9,11-12H2,1-2H3. The Balaban J connectivity index is 1.81. The topological polar surface area (TPSA) is 12.0 Å². The van der Waals surface area contributed by atoms with Gasteiger partial charge < -0.3 is 5.32 Å². The number of benzene rings is 1. The maximum Gasteiger partial charge on any atom is 0.0208 e. The zero-order valence-corrected chi connectivity index (χ0v) is 11.0. The van der Waals surface area contributed by atoms with Gasteiger partial charge in [-0.25, -0.2) is 0 Å². The van der Waals surface area contributed by atoms with E-state index in [4.69, 9.17) is 0 Å². The number of nitrogens with one attached hydrogen (secondary N) is 1. The van der Waals surface area contributed by atoms with Gasteiger partial charge in [-0.2, -0.15) is 0 Å². The van der Waals surface area contributed by atoms with E-state index in [2.05, 4.69) is 49.5 Å². The number of allylic oxidation sites excluding steroid dienone is 2. The lowest BCUT2D eigenvalue weighted by molar-refractivity contribution is 0.440. The van der Waals surface area contributed by atoms with E-state index < -0.39 is 0 Å². The highest BCUT2D eigenvalue weighted by Crippen LogP contribution is 2.17. The second kappa shape index (κ2) is 6.02.